The number of rotatable bonds is 5. The van der Waals surface area contributed by atoms with E-state index in [9.17, 15) is 4.79 Å². The van der Waals surface area contributed by atoms with Crippen molar-refractivity contribution in [3.8, 4) is 0 Å². The van der Waals surface area contributed by atoms with Crippen LogP contribution in [0.4, 0.5) is 0 Å². The molecule has 0 aliphatic heterocycles. The molecule has 0 saturated heterocycles. The third-order valence-corrected chi connectivity index (χ3v) is 1.76. The summed E-state index contributed by atoms with van der Waals surface area (Å²) in [5.41, 5.74) is 0. The molecule has 0 aromatic heterocycles. The van der Waals surface area contributed by atoms with Gasteiger partial charge in [-0.25, -0.2) is 0 Å². The van der Waals surface area contributed by atoms with Crippen LogP contribution in [0, 0.1) is 5.92 Å². The molecule has 0 spiro atoms. The minimum Gasteiger partial charge on any atom is -0.299 e. The molecule has 1 nitrogen and oxygen atoms in total. The standard InChI is InChI=1S/C9H16O/c1-4-6-7-9(10)8(3)5-2/h4,8H,1,5-7H2,2-3H3. The predicted molar refractivity (Wildman–Crippen MR) is 43.9 cm³/mol. The molecule has 0 fully saturated rings. The first-order chi connectivity index (χ1) is 4.72. The van der Waals surface area contributed by atoms with Gasteiger partial charge in [-0.2, -0.15) is 0 Å². The Bertz CT molecular complexity index is 116. The van der Waals surface area contributed by atoms with Crippen molar-refractivity contribution in [2.75, 3.05) is 0 Å². The molecule has 0 amide bonds. The van der Waals surface area contributed by atoms with Crippen molar-refractivity contribution in [3.05, 3.63) is 12.7 Å². The van der Waals surface area contributed by atoms with E-state index in [1.54, 1.807) is 6.08 Å². The first-order valence-electron chi connectivity index (χ1n) is 3.86. The van der Waals surface area contributed by atoms with Gasteiger partial charge in [0.2, 0.25) is 0 Å². The summed E-state index contributed by atoms with van der Waals surface area (Å²) in [5.74, 6) is 0.599. The van der Waals surface area contributed by atoms with Gasteiger partial charge in [0.15, 0.2) is 0 Å². The fourth-order valence-corrected chi connectivity index (χ4v) is 0.718. The minimum atomic E-state index is 0.236. The fraction of sp³-hybridized carbons (Fsp3) is 0.667. The SMILES string of the molecule is C=CCCC(=O)C(C)CC. The largest absolute Gasteiger partial charge is 0.299 e. The van der Waals surface area contributed by atoms with Crippen LogP contribution in [0.5, 0.6) is 0 Å². The molecule has 0 radical (unpaired) electrons. The lowest BCUT2D eigenvalue weighted by Crippen LogP contribution is -2.08. The monoisotopic (exact) mass is 140 g/mol. The smallest absolute Gasteiger partial charge is 0.135 e. The Kier molecular flexibility index (Phi) is 4.91. The summed E-state index contributed by atoms with van der Waals surface area (Å²) < 4.78 is 0. The molecule has 1 atom stereocenters. The van der Waals surface area contributed by atoms with E-state index in [4.69, 9.17) is 0 Å². The van der Waals surface area contributed by atoms with Gasteiger partial charge in [0.05, 0.1) is 0 Å². The van der Waals surface area contributed by atoms with Crippen LogP contribution in [0.15, 0.2) is 12.7 Å². The molecule has 0 aliphatic carbocycles. The van der Waals surface area contributed by atoms with E-state index in [1.165, 1.54) is 0 Å². The second-order valence-corrected chi connectivity index (χ2v) is 2.60. The van der Waals surface area contributed by atoms with Gasteiger partial charge in [0.1, 0.15) is 5.78 Å². The Hall–Kier alpha value is -0.590. The summed E-state index contributed by atoms with van der Waals surface area (Å²) in [6.07, 6.45) is 4.23. The van der Waals surface area contributed by atoms with Crippen LogP contribution in [0.25, 0.3) is 0 Å². The van der Waals surface area contributed by atoms with Crippen LogP contribution in [0.3, 0.4) is 0 Å². The molecule has 0 bridgehead atoms. The van der Waals surface area contributed by atoms with Crippen molar-refractivity contribution >= 4 is 5.78 Å². The summed E-state index contributed by atoms with van der Waals surface area (Å²) in [7, 11) is 0. The second kappa shape index (κ2) is 5.21. The first-order valence-corrected chi connectivity index (χ1v) is 3.86. The number of ketones is 1. The lowest BCUT2D eigenvalue weighted by atomic mass is 10.0. The molecule has 0 aliphatic rings. The molecule has 0 aromatic rings. The molecular weight excluding hydrogens is 124 g/mol. The average molecular weight is 140 g/mol. The molecule has 0 saturated carbocycles. The van der Waals surface area contributed by atoms with E-state index < -0.39 is 0 Å². The Morgan fingerprint density at radius 1 is 1.70 bits per heavy atom. The lowest BCUT2D eigenvalue weighted by Gasteiger charge is -2.04. The van der Waals surface area contributed by atoms with Crippen molar-refractivity contribution < 1.29 is 4.79 Å². The Morgan fingerprint density at radius 3 is 2.70 bits per heavy atom. The summed E-state index contributed by atoms with van der Waals surface area (Å²) in [4.78, 5) is 11.1. The van der Waals surface area contributed by atoms with Crippen LogP contribution < -0.4 is 0 Å². The van der Waals surface area contributed by atoms with E-state index >= 15 is 0 Å². The number of hydrogen-bond acceptors (Lipinski definition) is 1. The van der Waals surface area contributed by atoms with E-state index in [-0.39, 0.29) is 5.92 Å². The van der Waals surface area contributed by atoms with Gasteiger partial charge in [-0.3, -0.25) is 4.79 Å². The molecule has 0 rings (SSSR count). The maximum Gasteiger partial charge on any atom is 0.135 e. The van der Waals surface area contributed by atoms with Crippen molar-refractivity contribution in [2.24, 2.45) is 5.92 Å². The molecule has 58 valence electrons. The number of allylic oxidation sites excluding steroid dienone is 1. The maximum absolute atomic E-state index is 11.1. The van der Waals surface area contributed by atoms with Gasteiger partial charge in [-0.1, -0.05) is 19.9 Å². The highest BCUT2D eigenvalue weighted by Crippen LogP contribution is 2.06. The normalized spacial score (nSPS) is 12.6. The predicted octanol–water partition coefficient (Wildman–Crippen LogP) is 2.57. The highest BCUT2D eigenvalue weighted by molar-refractivity contribution is 5.80. The second-order valence-electron chi connectivity index (χ2n) is 2.60. The van der Waals surface area contributed by atoms with Gasteiger partial charge >= 0.3 is 0 Å². The minimum absolute atomic E-state index is 0.236. The van der Waals surface area contributed by atoms with Crippen molar-refractivity contribution in [1.29, 1.82) is 0 Å². The van der Waals surface area contributed by atoms with Gasteiger partial charge in [0, 0.05) is 12.3 Å². The van der Waals surface area contributed by atoms with Crippen molar-refractivity contribution in [3.63, 3.8) is 0 Å². The van der Waals surface area contributed by atoms with Crippen LogP contribution in [0.1, 0.15) is 33.1 Å². The zero-order valence-corrected chi connectivity index (χ0v) is 6.89. The highest BCUT2D eigenvalue weighted by atomic mass is 16.1. The maximum atomic E-state index is 11.1. The summed E-state index contributed by atoms with van der Waals surface area (Å²) >= 11 is 0. The van der Waals surface area contributed by atoms with E-state index in [1.807, 2.05) is 13.8 Å². The van der Waals surface area contributed by atoms with Crippen LogP contribution in [0.2, 0.25) is 0 Å². The summed E-state index contributed by atoms with van der Waals surface area (Å²) in [6, 6.07) is 0. The topological polar surface area (TPSA) is 17.1 Å². The van der Waals surface area contributed by atoms with E-state index in [2.05, 4.69) is 6.58 Å². The first kappa shape index (κ1) is 9.41. The zero-order valence-electron chi connectivity index (χ0n) is 6.89. The Labute approximate surface area is 63.1 Å². The number of hydrogen-bond donors (Lipinski definition) is 0. The number of carbonyl (C=O) groups is 1. The van der Waals surface area contributed by atoms with E-state index in [0.29, 0.717) is 12.2 Å². The molecule has 0 N–H and O–H groups in total. The quantitative estimate of drug-likeness (QED) is 0.536. The number of carbonyl (C=O) groups excluding carboxylic acids is 1. The molecule has 1 unspecified atom stereocenters. The van der Waals surface area contributed by atoms with Crippen LogP contribution in [-0.2, 0) is 4.79 Å². The Balaban J connectivity index is 3.51. The zero-order chi connectivity index (χ0) is 7.98. The molecular formula is C9H16O. The molecule has 1 heteroatoms. The summed E-state index contributed by atoms with van der Waals surface area (Å²) in [5, 5.41) is 0. The van der Waals surface area contributed by atoms with Gasteiger partial charge in [0.25, 0.3) is 0 Å². The summed E-state index contributed by atoms with van der Waals surface area (Å²) in [6.45, 7) is 7.58. The fourth-order valence-electron chi connectivity index (χ4n) is 0.718. The molecule has 0 heterocycles. The average Bonchev–Trinajstić information content (AvgIpc) is 1.98. The van der Waals surface area contributed by atoms with Gasteiger partial charge in [-0.15, -0.1) is 6.58 Å². The van der Waals surface area contributed by atoms with Crippen molar-refractivity contribution in [2.45, 2.75) is 33.1 Å². The van der Waals surface area contributed by atoms with Gasteiger partial charge < -0.3 is 0 Å². The highest BCUT2D eigenvalue weighted by Gasteiger charge is 2.07. The third kappa shape index (κ3) is 3.44. The van der Waals surface area contributed by atoms with Crippen molar-refractivity contribution in [1.82, 2.24) is 0 Å². The Morgan fingerprint density at radius 2 is 2.30 bits per heavy atom. The van der Waals surface area contributed by atoms with E-state index in [0.717, 1.165) is 12.8 Å². The number of Topliss-reactive ketones (excluding diaryl/α,β-unsaturated/α-hetero) is 1. The van der Waals surface area contributed by atoms with Crippen LogP contribution in [-0.4, -0.2) is 5.78 Å². The lowest BCUT2D eigenvalue weighted by molar-refractivity contribution is -0.122. The molecule has 10 heavy (non-hydrogen) atoms. The van der Waals surface area contributed by atoms with Gasteiger partial charge in [-0.05, 0) is 12.8 Å². The van der Waals surface area contributed by atoms with Crippen LogP contribution >= 0.6 is 0 Å². The third-order valence-electron chi connectivity index (χ3n) is 1.76. The molecule has 0 aromatic carbocycles.